The number of ether oxygens (including phenoxy) is 1. The van der Waals surface area contributed by atoms with E-state index in [1.54, 1.807) is 0 Å². The van der Waals surface area contributed by atoms with E-state index in [1.165, 1.54) is 0 Å². The number of hydrogen-bond acceptors (Lipinski definition) is 3. The topological polar surface area (TPSA) is 29.5 Å². The van der Waals surface area contributed by atoms with E-state index < -0.39 is 0 Å². The van der Waals surface area contributed by atoms with Crippen LogP contribution in [0.2, 0.25) is 0 Å². The van der Waals surface area contributed by atoms with Gasteiger partial charge in [0.15, 0.2) is 5.78 Å². The highest BCUT2D eigenvalue weighted by Gasteiger charge is 2.41. The van der Waals surface area contributed by atoms with Crippen molar-refractivity contribution in [2.75, 3.05) is 13.2 Å². The third-order valence-electron chi connectivity index (χ3n) is 3.44. The monoisotopic (exact) mass is 241 g/mol. The molecule has 1 saturated heterocycles. The number of ketones is 1. The van der Waals surface area contributed by atoms with Gasteiger partial charge in [-0.05, 0) is 26.7 Å². The van der Waals surface area contributed by atoms with Crippen LogP contribution in [-0.4, -0.2) is 42.0 Å². The molecule has 3 nitrogen and oxygen atoms in total. The highest BCUT2D eigenvalue weighted by molar-refractivity contribution is 5.86. The molecule has 1 rings (SSSR count). The number of rotatable bonds is 6. The second-order valence-electron chi connectivity index (χ2n) is 5.53. The van der Waals surface area contributed by atoms with Crippen LogP contribution in [0.15, 0.2) is 0 Å². The number of carbonyl (C=O) groups is 1. The van der Waals surface area contributed by atoms with Crippen molar-refractivity contribution in [3.05, 3.63) is 0 Å². The van der Waals surface area contributed by atoms with Gasteiger partial charge >= 0.3 is 0 Å². The van der Waals surface area contributed by atoms with Gasteiger partial charge in [0.1, 0.15) is 0 Å². The zero-order valence-corrected chi connectivity index (χ0v) is 11.9. The van der Waals surface area contributed by atoms with Gasteiger partial charge < -0.3 is 4.74 Å². The molecule has 1 aliphatic rings. The quantitative estimate of drug-likeness (QED) is 0.715. The number of Topliss-reactive ketones (excluding diaryl/α,β-unsaturated/α-hetero) is 1. The Balaban J connectivity index is 2.75. The molecule has 0 aromatic rings. The molecule has 0 N–H and O–H groups in total. The molecule has 0 aliphatic carbocycles. The van der Waals surface area contributed by atoms with Gasteiger partial charge in [-0.2, -0.15) is 0 Å². The standard InChI is InChI=1S/C14H27NO2/c1-6-9-17-12-7-8-15(11(4)5)13(12)14(16)10(2)3/h10-13H,6-9H2,1-5H3. The Kier molecular flexibility index (Phi) is 5.60. The molecule has 0 radical (unpaired) electrons. The molecular weight excluding hydrogens is 214 g/mol. The Labute approximate surface area is 106 Å². The van der Waals surface area contributed by atoms with Gasteiger partial charge in [-0.15, -0.1) is 0 Å². The van der Waals surface area contributed by atoms with Crippen LogP contribution < -0.4 is 0 Å². The summed E-state index contributed by atoms with van der Waals surface area (Å²) in [5, 5.41) is 0. The van der Waals surface area contributed by atoms with E-state index in [0.29, 0.717) is 11.8 Å². The largest absolute Gasteiger partial charge is 0.376 e. The summed E-state index contributed by atoms with van der Waals surface area (Å²) in [6.07, 6.45) is 2.11. The van der Waals surface area contributed by atoms with Crippen molar-refractivity contribution in [2.45, 2.75) is 65.6 Å². The SMILES string of the molecule is CCCOC1CCN(C(C)C)C1C(=O)C(C)C. The zero-order valence-electron chi connectivity index (χ0n) is 11.9. The Bertz CT molecular complexity index is 251. The minimum Gasteiger partial charge on any atom is -0.376 e. The van der Waals surface area contributed by atoms with Crippen LogP contribution in [-0.2, 0) is 9.53 Å². The number of likely N-dealkylation sites (tertiary alicyclic amines) is 1. The van der Waals surface area contributed by atoms with Gasteiger partial charge in [0.05, 0.1) is 12.1 Å². The molecule has 0 aromatic carbocycles. The second kappa shape index (κ2) is 6.50. The average molecular weight is 241 g/mol. The first kappa shape index (κ1) is 14.7. The lowest BCUT2D eigenvalue weighted by atomic mass is 9.97. The van der Waals surface area contributed by atoms with Gasteiger partial charge in [0.2, 0.25) is 0 Å². The van der Waals surface area contributed by atoms with Crippen LogP contribution >= 0.6 is 0 Å². The minimum absolute atomic E-state index is 0.0263. The van der Waals surface area contributed by atoms with Crippen LogP contribution in [0.25, 0.3) is 0 Å². The summed E-state index contributed by atoms with van der Waals surface area (Å²) in [6.45, 7) is 12.1. The maximum Gasteiger partial charge on any atom is 0.155 e. The maximum absolute atomic E-state index is 12.3. The van der Waals surface area contributed by atoms with Gasteiger partial charge in [-0.1, -0.05) is 20.8 Å². The predicted octanol–water partition coefficient (Wildman–Crippen LogP) is 2.49. The maximum atomic E-state index is 12.3. The van der Waals surface area contributed by atoms with E-state index in [-0.39, 0.29) is 18.1 Å². The Morgan fingerprint density at radius 3 is 2.47 bits per heavy atom. The van der Waals surface area contributed by atoms with E-state index in [4.69, 9.17) is 4.74 Å². The molecule has 0 saturated carbocycles. The van der Waals surface area contributed by atoms with Crippen molar-refractivity contribution in [1.29, 1.82) is 0 Å². The molecule has 100 valence electrons. The van der Waals surface area contributed by atoms with E-state index in [0.717, 1.165) is 26.0 Å². The van der Waals surface area contributed by atoms with Crippen molar-refractivity contribution in [3.63, 3.8) is 0 Å². The van der Waals surface area contributed by atoms with Crippen molar-refractivity contribution >= 4 is 5.78 Å². The van der Waals surface area contributed by atoms with Crippen molar-refractivity contribution < 1.29 is 9.53 Å². The average Bonchev–Trinajstić information content (AvgIpc) is 2.68. The van der Waals surface area contributed by atoms with Crippen LogP contribution in [0, 0.1) is 5.92 Å². The van der Waals surface area contributed by atoms with Crippen LogP contribution in [0.5, 0.6) is 0 Å². The predicted molar refractivity (Wildman–Crippen MR) is 70.1 cm³/mol. The summed E-state index contributed by atoms with van der Waals surface area (Å²) in [4.78, 5) is 14.6. The molecule has 0 amide bonds. The fourth-order valence-corrected chi connectivity index (χ4v) is 2.50. The van der Waals surface area contributed by atoms with Gasteiger partial charge in [0, 0.05) is 25.1 Å². The third-order valence-corrected chi connectivity index (χ3v) is 3.44. The lowest BCUT2D eigenvalue weighted by molar-refractivity contribution is -0.131. The molecule has 0 spiro atoms. The molecule has 2 unspecified atom stereocenters. The summed E-state index contributed by atoms with van der Waals surface area (Å²) in [7, 11) is 0. The van der Waals surface area contributed by atoms with Gasteiger partial charge in [-0.25, -0.2) is 0 Å². The summed E-state index contributed by atoms with van der Waals surface area (Å²) < 4.78 is 5.85. The molecule has 2 atom stereocenters. The molecule has 1 aliphatic heterocycles. The van der Waals surface area contributed by atoms with Crippen molar-refractivity contribution in [2.24, 2.45) is 5.92 Å². The first-order valence-electron chi connectivity index (χ1n) is 6.90. The minimum atomic E-state index is -0.0263. The van der Waals surface area contributed by atoms with E-state index in [2.05, 4.69) is 25.7 Å². The summed E-state index contributed by atoms with van der Waals surface area (Å²) in [6, 6.07) is 0.388. The normalized spacial score (nSPS) is 26.1. The van der Waals surface area contributed by atoms with Gasteiger partial charge in [0.25, 0.3) is 0 Å². The summed E-state index contributed by atoms with van der Waals surface area (Å²) >= 11 is 0. The van der Waals surface area contributed by atoms with E-state index >= 15 is 0 Å². The van der Waals surface area contributed by atoms with Gasteiger partial charge in [-0.3, -0.25) is 9.69 Å². The Morgan fingerprint density at radius 1 is 1.35 bits per heavy atom. The van der Waals surface area contributed by atoms with Crippen molar-refractivity contribution in [1.82, 2.24) is 4.90 Å². The summed E-state index contributed by atoms with van der Waals surface area (Å²) in [5.41, 5.74) is 0. The zero-order chi connectivity index (χ0) is 13.0. The second-order valence-corrected chi connectivity index (χ2v) is 5.53. The molecular formula is C14H27NO2. The highest BCUT2D eigenvalue weighted by Crippen LogP contribution is 2.26. The molecule has 3 heteroatoms. The first-order valence-corrected chi connectivity index (χ1v) is 6.90. The van der Waals surface area contributed by atoms with Crippen LogP contribution in [0.1, 0.15) is 47.5 Å². The number of hydrogen-bond donors (Lipinski definition) is 0. The number of nitrogens with zero attached hydrogens (tertiary/aromatic N) is 1. The fourth-order valence-electron chi connectivity index (χ4n) is 2.50. The first-order chi connectivity index (χ1) is 7.99. The Morgan fingerprint density at radius 2 is 2.00 bits per heavy atom. The van der Waals surface area contributed by atoms with Crippen molar-refractivity contribution in [3.8, 4) is 0 Å². The molecule has 0 aromatic heterocycles. The summed E-state index contributed by atoms with van der Waals surface area (Å²) in [5.74, 6) is 0.421. The highest BCUT2D eigenvalue weighted by atomic mass is 16.5. The molecule has 0 bridgehead atoms. The lowest BCUT2D eigenvalue weighted by Crippen LogP contribution is -2.47. The fraction of sp³-hybridized carbons (Fsp3) is 0.929. The third kappa shape index (κ3) is 3.52. The molecule has 1 fully saturated rings. The smallest absolute Gasteiger partial charge is 0.155 e. The lowest BCUT2D eigenvalue weighted by Gasteiger charge is -2.31. The van der Waals surface area contributed by atoms with E-state index in [9.17, 15) is 4.79 Å². The molecule has 17 heavy (non-hydrogen) atoms. The van der Waals surface area contributed by atoms with Crippen LogP contribution in [0.3, 0.4) is 0 Å². The number of carbonyl (C=O) groups excluding carboxylic acids is 1. The Hall–Kier alpha value is -0.410. The van der Waals surface area contributed by atoms with E-state index in [1.807, 2.05) is 13.8 Å². The molecule has 1 heterocycles. The van der Waals surface area contributed by atoms with Crippen LogP contribution in [0.4, 0.5) is 0 Å².